The number of aliphatic hydroxyl groups is 2. The van der Waals surface area contributed by atoms with Crippen LogP contribution in [0.25, 0.3) is 0 Å². The van der Waals surface area contributed by atoms with E-state index in [4.69, 9.17) is 4.74 Å². The first-order chi connectivity index (χ1) is 14.8. The summed E-state index contributed by atoms with van der Waals surface area (Å²) in [7, 11) is 0. The van der Waals surface area contributed by atoms with E-state index >= 15 is 0 Å². The molecule has 0 bridgehead atoms. The molecular formula is C27H40O5. The summed E-state index contributed by atoms with van der Waals surface area (Å²) in [4.78, 5) is 25.3. The Morgan fingerprint density at radius 3 is 2.44 bits per heavy atom. The minimum atomic E-state index is -0.482. The quantitative estimate of drug-likeness (QED) is 0.554. The number of hydrogen-bond acceptors (Lipinski definition) is 5. The highest BCUT2D eigenvalue weighted by molar-refractivity contribution is 5.86. The van der Waals surface area contributed by atoms with Crippen molar-refractivity contribution < 1.29 is 24.5 Å². The molecule has 2 spiro atoms. The van der Waals surface area contributed by atoms with Gasteiger partial charge in [-0.3, -0.25) is 9.59 Å². The van der Waals surface area contributed by atoms with Crippen molar-refractivity contribution in [2.24, 2.45) is 50.7 Å². The normalized spacial score (nSPS) is 60.2. The van der Waals surface area contributed by atoms with Gasteiger partial charge in [-0.1, -0.05) is 34.6 Å². The van der Waals surface area contributed by atoms with Crippen LogP contribution in [0.2, 0.25) is 0 Å². The van der Waals surface area contributed by atoms with Crippen LogP contribution >= 0.6 is 0 Å². The third-order valence-electron chi connectivity index (χ3n) is 12.6. The molecule has 1 heterocycles. The third kappa shape index (κ3) is 2.11. The molecule has 0 aromatic carbocycles. The number of aliphatic hydroxyl groups excluding tert-OH is 2. The van der Waals surface area contributed by atoms with Gasteiger partial charge in [-0.25, -0.2) is 0 Å². The first kappa shape index (κ1) is 21.6. The van der Waals surface area contributed by atoms with Gasteiger partial charge in [-0.05, 0) is 72.5 Å². The highest BCUT2D eigenvalue weighted by atomic mass is 16.5. The second kappa shape index (κ2) is 6.00. The fourth-order valence-electron chi connectivity index (χ4n) is 11.1. The molecule has 1 aliphatic heterocycles. The zero-order valence-electron chi connectivity index (χ0n) is 20.3. The maximum atomic E-state index is 12.8. The maximum absolute atomic E-state index is 12.8. The number of hydrogen-bond donors (Lipinski definition) is 2. The predicted molar refractivity (Wildman–Crippen MR) is 118 cm³/mol. The van der Waals surface area contributed by atoms with Crippen LogP contribution in [0.15, 0.2) is 0 Å². The second-order valence-corrected chi connectivity index (χ2v) is 13.7. The van der Waals surface area contributed by atoms with E-state index in [2.05, 4.69) is 34.6 Å². The summed E-state index contributed by atoms with van der Waals surface area (Å²) < 4.78 is 6.01. The molecule has 5 nitrogen and oxygen atoms in total. The Morgan fingerprint density at radius 2 is 1.72 bits per heavy atom. The summed E-state index contributed by atoms with van der Waals surface area (Å²) in [5.41, 5.74) is -1.14. The van der Waals surface area contributed by atoms with Crippen LogP contribution < -0.4 is 0 Å². The topological polar surface area (TPSA) is 83.8 Å². The summed E-state index contributed by atoms with van der Waals surface area (Å²) >= 11 is 0. The average molecular weight is 445 g/mol. The molecule has 2 N–H and O–H groups in total. The standard InChI is InChI=1S/C27H40O5/c1-14-6-7-20(31)32-16-11-24(4)22-15(28)10-17-23(2,3)18(29)8-9-26(17)13-27(22,26)12-19(30)25(24,5)21(14)16/h14-17,19,21-22,28,30H,6-13H2,1-5H3/t14-,15+,16-,17+,19-,21+,22+,24+,25-,26-,27+/m1/s1. The first-order valence-corrected chi connectivity index (χ1v) is 12.9. The molecule has 11 atom stereocenters. The molecular weight excluding hydrogens is 404 g/mol. The lowest BCUT2D eigenvalue weighted by molar-refractivity contribution is -0.226. The van der Waals surface area contributed by atoms with Crippen molar-refractivity contribution >= 4 is 11.8 Å². The number of rotatable bonds is 0. The van der Waals surface area contributed by atoms with Crippen molar-refractivity contribution in [3.63, 3.8) is 0 Å². The summed E-state index contributed by atoms with van der Waals surface area (Å²) in [5, 5.41) is 23.7. The van der Waals surface area contributed by atoms with Crippen LogP contribution in [0.5, 0.6) is 0 Å². The highest BCUT2D eigenvalue weighted by Gasteiger charge is 2.86. The molecule has 32 heavy (non-hydrogen) atoms. The van der Waals surface area contributed by atoms with Crippen molar-refractivity contribution in [3.05, 3.63) is 0 Å². The predicted octanol–water partition coefficient (Wildman–Crippen LogP) is 3.89. The van der Waals surface area contributed by atoms with Gasteiger partial charge in [0, 0.05) is 29.6 Å². The number of Topliss-reactive ketones (excluding diaryl/α,β-unsaturated/α-hetero) is 1. The van der Waals surface area contributed by atoms with E-state index in [9.17, 15) is 19.8 Å². The molecule has 6 rings (SSSR count). The van der Waals surface area contributed by atoms with E-state index < -0.39 is 23.0 Å². The summed E-state index contributed by atoms with van der Waals surface area (Å²) in [6.45, 7) is 10.9. The van der Waals surface area contributed by atoms with E-state index in [0.29, 0.717) is 37.4 Å². The molecule has 0 unspecified atom stereocenters. The highest BCUT2D eigenvalue weighted by Crippen LogP contribution is 2.88. The van der Waals surface area contributed by atoms with E-state index in [-0.39, 0.29) is 46.1 Å². The van der Waals surface area contributed by atoms with E-state index in [1.807, 2.05) is 0 Å². The second-order valence-electron chi connectivity index (χ2n) is 13.7. The van der Waals surface area contributed by atoms with Crippen LogP contribution in [-0.4, -0.2) is 40.3 Å². The number of carbonyl (C=O) groups excluding carboxylic acids is 2. The molecule has 6 fully saturated rings. The average Bonchev–Trinajstić information content (AvgIpc) is 3.30. The van der Waals surface area contributed by atoms with Gasteiger partial charge in [0.05, 0.1) is 12.2 Å². The molecule has 0 aromatic heterocycles. The van der Waals surface area contributed by atoms with Gasteiger partial charge in [-0.2, -0.15) is 0 Å². The molecule has 178 valence electrons. The lowest BCUT2D eigenvalue weighted by Gasteiger charge is -2.65. The monoisotopic (exact) mass is 444 g/mol. The summed E-state index contributed by atoms with van der Waals surface area (Å²) in [6.07, 6.45) is 4.80. The van der Waals surface area contributed by atoms with Crippen LogP contribution in [0.3, 0.4) is 0 Å². The van der Waals surface area contributed by atoms with Crippen LogP contribution in [0.1, 0.15) is 86.0 Å². The minimum Gasteiger partial charge on any atom is -0.462 e. The van der Waals surface area contributed by atoms with E-state index in [0.717, 1.165) is 25.7 Å². The first-order valence-electron chi connectivity index (χ1n) is 12.9. The Balaban J connectivity index is 1.47. The minimum absolute atomic E-state index is 0.0621. The number of fused-ring (bicyclic) bond motifs is 4. The van der Waals surface area contributed by atoms with Crippen LogP contribution in [-0.2, 0) is 14.3 Å². The van der Waals surface area contributed by atoms with Gasteiger partial charge in [0.15, 0.2) is 0 Å². The molecule has 0 aromatic rings. The van der Waals surface area contributed by atoms with Crippen LogP contribution in [0.4, 0.5) is 0 Å². The number of carbonyl (C=O) groups is 2. The van der Waals surface area contributed by atoms with Crippen LogP contribution in [0, 0.1) is 50.7 Å². The van der Waals surface area contributed by atoms with Crippen molar-refractivity contribution in [3.8, 4) is 0 Å². The Hall–Kier alpha value is -0.940. The lowest BCUT2D eigenvalue weighted by Crippen LogP contribution is -2.65. The van der Waals surface area contributed by atoms with Crippen molar-refractivity contribution in [1.29, 1.82) is 0 Å². The van der Waals surface area contributed by atoms with Gasteiger partial charge >= 0.3 is 5.97 Å². The summed E-state index contributed by atoms with van der Waals surface area (Å²) in [6, 6.07) is 0. The van der Waals surface area contributed by atoms with Crippen molar-refractivity contribution in [1.82, 2.24) is 0 Å². The summed E-state index contributed by atoms with van der Waals surface area (Å²) in [5.74, 6) is 0.911. The van der Waals surface area contributed by atoms with E-state index in [1.54, 1.807) is 0 Å². The van der Waals surface area contributed by atoms with Gasteiger partial charge in [-0.15, -0.1) is 0 Å². The van der Waals surface area contributed by atoms with Crippen molar-refractivity contribution in [2.75, 3.05) is 0 Å². The Bertz CT molecular complexity index is 896. The number of ether oxygens (including phenoxy) is 1. The Kier molecular flexibility index (Phi) is 4.05. The zero-order chi connectivity index (χ0) is 23.1. The molecule has 5 aliphatic carbocycles. The molecule has 5 heteroatoms. The fraction of sp³-hybridized carbons (Fsp3) is 0.926. The zero-order valence-corrected chi connectivity index (χ0v) is 20.3. The molecule has 0 amide bonds. The maximum Gasteiger partial charge on any atom is 0.306 e. The lowest BCUT2D eigenvalue weighted by atomic mass is 9.40. The smallest absolute Gasteiger partial charge is 0.306 e. The van der Waals surface area contributed by atoms with E-state index in [1.165, 1.54) is 0 Å². The fourth-order valence-corrected chi connectivity index (χ4v) is 11.1. The number of ketones is 1. The van der Waals surface area contributed by atoms with Gasteiger partial charge in [0.2, 0.25) is 0 Å². The molecule has 1 saturated heterocycles. The SMILES string of the molecule is C[C@@H]1CCC(=O)O[C@@H]2C[C@@]3(C)[C@@H]4[C@@H](O)C[C@H]5C(C)(C)C(=O)CC[C@@]56C[C@@]46C[C@@H](O)[C@]3(C)[C@@H]12. The number of esters is 1. The Labute approximate surface area is 191 Å². The van der Waals surface area contributed by atoms with Gasteiger partial charge in [0.1, 0.15) is 11.9 Å². The molecule has 5 saturated carbocycles. The van der Waals surface area contributed by atoms with Crippen molar-refractivity contribution in [2.45, 2.75) is 104 Å². The third-order valence-corrected chi connectivity index (χ3v) is 12.6. The molecule has 6 aliphatic rings. The molecule has 0 radical (unpaired) electrons. The Morgan fingerprint density at radius 1 is 1.00 bits per heavy atom. The van der Waals surface area contributed by atoms with Gasteiger partial charge in [0.25, 0.3) is 0 Å². The largest absolute Gasteiger partial charge is 0.462 e. The van der Waals surface area contributed by atoms with Gasteiger partial charge < -0.3 is 14.9 Å².